The Kier molecular flexibility index (Phi) is 5.28. The molecule has 0 aliphatic carbocycles. The molecule has 0 amide bonds. The molecule has 0 fully saturated rings. The molecular formula is C18H17ClN2OS. The number of alkyl halides is 1. The Balaban J connectivity index is 1.78. The normalized spacial score (nSPS) is 12.1. The van der Waals surface area contributed by atoms with Crippen molar-refractivity contribution in [1.29, 1.82) is 0 Å². The van der Waals surface area contributed by atoms with Crippen LogP contribution in [0.1, 0.15) is 0 Å². The minimum atomic E-state index is -0.552. The van der Waals surface area contributed by atoms with Gasteiger partial charge < -0.3 is 10.4 Å². The van der Waals surface area contributed by atoms with Crippen LogP contribution in [0, 0.1) is 0 Å². The van der Waals surface area contributed by atoms with Crippen molar-refractivity contribution in [2.75, 3.05) is 17.7 Å². The second-order valence-electron chi connectivity index (χ2n) is 5.17. The third-order valence-corrected chi connectivity index (χ3v) is 4.65. The second kappa shape index (κ2) is 7.59. The van der Waals surface area contributed by atoms with Crippen LogP contribution in [0.2, 0.25) is 0 Å². The number of thiazole rings is 1. The topological polar surface area (TPSA) is 45.1 Å². The van der Waals surface area contributed by atoms with E-state index < -0.39 is 6.10 Å². The van der Waals surface area contributed by atoms with Gasteiger partial charge in [0.2, 0.25) is 0 Å². The fourth-order valence-corrected chi connectivity index (χ4v) is 3.14. The highest BCUT2D eigenvalue weighted by Crippen LogP contribution is 2.29. The summed E-state index contributed by atoms with van der Waals surface area (Å²) in [6.45, 7) is 0.430. The first-order valence-corrected chi connectivity index (χ1v) is 8.77. The minimum absolute atomic E-state index is 0.221. The third-order valence-electron chi connectivity index (χ3n) is 3.40. The van der Waals surface area contributed by atoms with Crippen molar-refractivity contribution in [3.8, 4) is 21.8 Å². The average Bonchev–Trinajstić information content (AvgIpc) is 3.11. The first-order chi connectivity index (χ1) is 11.3. The summed E-state index contributed by atoms with van der Waals surface area (Å²) in [5.41, 5.74) is 4.08. The molecule has 3 rings (SSSR count). The van der Waals surface area contributed by atoms with Crippen LogP contribution in [0.5, 0.6) is 0 Å². The molecule has 0 radical (unpaired) electrons. The quantitative estimate of drug-likeness (QED) is 0.648. The van der Waals surface area contributed by atoms with Crippen LogP contribution in [0.25, 0.3) is 21.8 Å². The van der Waals surface area contributed by atoms with E-state index in [9.17, 15) is 5.11 Å². The van der Waals surface area contributed by atoms with Gasteiger partial charge in [-0.1, -0.05) is 42.5 Å². The minimum Gasteiger partial charge on any atom is -0.390 e. The fraction of sp³-hybridized carbons (Fsp3) is 0.167. The number of benzene rings is 2. The van der Waals surface area contributed by atoms with Crippen LogP contribution in [0.3, 0.4) is 0 Å². The smallest absolute Gasteiger partial charge is 0.124 e. The summed E-state index contributed by atoms with van der Waals surface area (Å²) in [6, 6.07) is 18.2. The summed E-state index contributed by atoms with van der Waals surface area (Å²) in [5, 5.41) is 15.8. The molecule has 118 valence electrons. The zero-order valence-electron chi connectivity index (χ0n) is 12.4. The maximum Gasteiger partial charge on any atom is 0.124 e. The predicted molar refractivity (Wildman–Crippen MR) is 98.2 cm³/mol. The van der Waals surface area contributed by atoms with Crippen LogP contribution in [0.4, 0.5) is 5.69 Å². The fourth-order valence-electron chi connectivity index (χ4n) is 2.20. The molecule has 3 nitrogen and oxygen atoms in total. The monoisotopic (exact) mass is 344 g/mol. The highest BCUT2D eigenvalue weighted by atomic mass is 35.5. The molecule has 0 spiro atoms. The maximum absolute atomic E-state index is 9.53. The van der Waals surface area contributed by atoms with Crippen molar-refractivity contribution in [1.82, 2.24) is 4.98 Å². The van der Waals surface area contributed by atoms with Crippen molar-refractivity contribution >= 4 is 28.6 Å². The van der Waals surface area contributed by atoms with E-state index in [1.165, 1.54) is 0 Å². The summed E-state index contributed by atoms with van der Waals surface area (Å²) in [7, 11) is 0. The van der Waals surface area contributed by atoms with E-state index in [0.717, 1.165) is 27.5 Å². The van der Waals surface area contributed by atoms with Crippen LogP contribution >= 0.6 is 22.9 Å². The van der Waals surface area contributed by atoms with E-state index in [0.29, 0.717) is 6.54 Å². The van der Waals surface area contributed by atoms with E-state index in [2.05, 4.69) is 22.8 Å². The van der Waals surface area contributed by atoms with E-state index in [1.54, 1.807) is 11.3 Å². The summed E-state index contributed by atoms with van der Waals surface area (Å²) >= 11 is 7.24. The number of nitrogens with one attached hydrogen (secondary N) is 1. The lowest BCUT2D eigenvalue weighted by Crippen LogP contribution is -2.20. The number of nitrogens with zero attached hydrogens (tertiary/aromatic N) is 1. The zero-order chi connectivity index (χ0) is 16.1. The number of hydrogen-bond donors (Lipinski definition) is 2. The number of aliphatic hydroxyl groups is 1. The zero-order valence-corrected chi connectivity index (χ0v) is 14.0. The number of anilines is 1. The van der Waals surface area contributed by atoms with Crippen molar-refractivity contribution in [2.45, 2.75) is 6.10 Å². The molecule has 0 saturated heterocycles. The van der Waals surface area contributed by atoms with Crippen molar-refractivity contribution in [2.24, 2.45) is 0 Å². The summed E-state index contributed by atoms with van der Waals surface area (Å²) in [5.74, 6) is 0.221. The largest absolute Gasteiger partial charge is 0.390 e. The van der Waals surface area contributed by atoms with Crippen LogP contribution in [-0.4, -0.2) is 28.6 Å². The molecule has 0 aliphatic heterocycles. The van der Waals surface area contributed by atoms with Crippen molar-refractivity contribution in [3.63, 3.8) is 0 Å². The Morgan fingerprint density at radius 3 is 2.65 bits per heavy atom. The van der Waals surface area contributed by atoms with Gasteiger partial charge in [-0.25, -0.2) is 4.98 Å². The molecule has 1 aromatic heterocycles. The molecule has 0 aliphatic rings. The Hall–Kier alpha value is -1.88. The molecule has 3 aromatic rings. The molecule has 1 atom stereocenters. The lowest BCUT2D eigenvalue weighted by molar-refractivity contribution is 0.211. The first-order valence-electron chi connectivity index (χ1n) is 7.35. The van der Waals surface area contributed by atoms with Crippen molar-refractivity contribution in [3.05, 3.63) is 60.0 Å². The maximum atomic E-state index is 9.53. The molecule has 0 saturated carbocycles. The van der Waals surface area contributed by atoms with Gasteiger partial charge in [-0.2, -0.15) is 0 Å². The SMILES string of the molecule is OC(CCl)CNc1cccc(-c2csc(-c3ccccc3)n2)c1. The molecular weight excluding hydrogens is 328 g/mol. The lowest BCUT2D eigenvalue weighted by atomic mass is 10.1. The van der Waals surface area contributed by atoms with Gasteiger partial charge in [0.1, 0.15) is 5.01 Å². The van der Waals surface area contributed by atoms with Crippen LogP contribution in [-0.2, 0) is 0 Å². The molecule has 1 unspecified atom stereocenters. The summed E-state index contributed by atoms with van der Waals surface area (Å²) in [4.78, 5) is 4.72. The lowest BCUT2D eigenvalue weighted by Gasteiger charge is -2.10. The highest BCUT2D eigenvalue weighted by molar-refractivity contribution is 7.13. The standard InChI is InChI=1S/C18H17ClN2OS/c19-10-16(22)11-20-15-8-4-7-14(9-15)17-12-23-18(21-17)13-5-2-1-3-6-13/h1-9,12,16,20,22H,10-11H2. The van der Waals surface area contributed by atoms with Gasteiger partial charge in [0, 0.05) is 28.7 Å². The van der Waals surface area contributed by atoms with Crippen molar-refractivity contribution < 1.29 is 5.11 Å². The van der Waals surface area contributed by atoms with E-state index in [-0.39, 0.29) is 5.88 Å². The Labute approximate surface area is 144 Å². The van der Waals surface area contributed by atoms with Gasteiger partial charge >= 0.3 is 0 Å². The third kappa shape index (κ3) is 4.10. The van der Waals surface area contributed by atoms with Crippen LogP contribution in [0.15, 0.2) is 60.0 Å². The molecule has 2 aromatic carbocycles. The Morgan fingerprint density at radius 2 is 1.87 bits per heavy atom. The second-order valence-corrected chi connectivity index (χ2v) is 6.34. The van der Waals surface area contributed by atoms with Gasteiger partial charge in [0.15, 0.2) is 0 Å². The number of aliphatic hydroxyl groups excluding tert-OH is 1. The average molecular weight is 345 g/mol. The van der Waals surface area contributed by atoms with Gasteiger partial charge in [-0.05, 0) is 12.1 Å². The Bertz CT molecular complexity index is 760. The first kappa shape index (κ1) is 16.0. The molecule has 1 heterocycles. The highest BCUT2D eigenvalue weighted by Gasteiger charge is 2.07. The van der Waals surface area contributed by atoms with E-state index >= 15 is 0 Å². The predicted octanol–water partition coefficient (Wildman–Crippen LogP) is 4.49. The van der Waals surface area contributed by atoms with Gasteiger partial charge in [0.05, 0.1) is 17.7 Å². The molecule has 0 bridgehead atoms. The number of hydrogen-bond acceptors (Lipinski definition) is 4. The van der Waals surface area contributed by atoms with E-state index in [4.69, 9.17) is 16.6 Å². The summed E-state index contributed by atoms with van der Waals surface area (Å²) < 4.78 is 0. The van der Waals surface area contributed by atoms with Gasteiger partial charge in [-0.15, -0.1) is 22.9 Å². The Morgan fingerprint density at radius 1 is 1.09 bits per heavy atom. The summed E-state index contributed by atoms with van der Waals surface area (Å²) in [6.07, 6.45) is -0.552. The molecule has 23 heavy (non-hydrogen) atoms. The van der Waals surface area contributed by atoms with Gasteiger partial charge in [-0.3, -0.25) is 0 Å². The van der Waals surface area contributed by atoms with Gasteiger partial charge in [0.25, 0.3) is 0 Å². The number of aromatic nitrogens is 1. The molecule has 2 N–H and O–H groups in total. The van der Waals surface area contributed by atoms with E-state index in [1.807, 2.05) is 42.5 Å². The number of halogens is 1. The number of rotatable bonds is 6. The van der Waals surface area contributed by atoms with Crippen LogP contribution < -0.4 is 5.32 Å². The molecule has 5 heteroatoms.